The second-order valence-corrected chi connectivity index (χ2v) is 11.0. The van der Waals surface area contributed by atoms with Crippen LogP contribution in [0.1, 0.15) is 38.2 Å². The number of benzene rings is 1. The molecule has 10 heteroatoms. The number of carbonyl (C=O) groups is 2. The molecule has 3 heterocycles. The van der Waals surface area contributed by atoms with Gasteiger partial charge in [-0.1, -0.05) is 24.8 Å². The maximum atomic E-state index is 14.2. The van der Waals surface area contributed by atoms with Crippen LogP contribution < -0.4 is 11.1 Å². The number of nitrogens with two attached hydrogens (primary N) is 1. The lowest BCUT2D eigenvalue weighted by Crippen LogP contribution is -2.36. The molecule has 1 aliphatic carbocycles. The van der Waals surface area contributed by atoms with Crippen LogP contribution in [0.25, 0.3) is 27.9 Å². The number of carbonyl (C=O) groups excluding carboxylic acids is 2. The van der Waals surface area contributed by atoms with E-state index in [2.05, 4.69) is 40.6 Å². The Kier molecular flexibility index (Phi) is 6.77. The summed E-state index contributed by atoms with van der Waals surface area (Å²) in [5.74, 6) is -0.0454. The van der Waals surface area contributed by atoms with Gasteiger partial charge in [-0.05, 0) is 49.5 Å². The first-order valence-corrected chi connectivity index (χ1v) is 13.1. The van der Waals surface area contributed by atoms with Gasteiger partial charge in [-0.15, -0.1) is 12.6 Å². The molecule has 0 spiro atoms. The normalized spacial score (nSPS) is 21.4. The molecule has 0 unspecified atom stereocenters. The van der Waals surface area contributed by atoms with Gasteiger partial charge < -0.3 is 20.5 Å². The zero-order chi connectivity index (χ0) is 27.2. The minimum absolute atomic E-state index is 0.0118. The fraction of sp³-hybridized carbons (Fsp3) is 0.357. The summed E-state index contributed by atoms with van der Waals surface area (Å²) in [6.45, 7) is 5.77. The van der Waals surface area contributed by atoms with E-state index < -0.39 is 5.00 Å². The first kappa shape index (κ1) is 26.0. The van der Waals surface area contributed by atoms with Crippen LogP contribution in [0.15, 0.2) is 48.8 Å². The van der Waals surface area contributed by atoms with E-state index in [1.54, 1.807) is 11.8 Å². The highest BCUT2D eigenvalue weighted by Gasteiger charge is 2.39. The summed E-state index contributed by atoms with van der Waals surface area (Å²) >= 11 is 4.03. The quantitative estimate of drug-likeness (QED) is 0.324. The minimum atomic E-state index is -1.61. The van der Waals surface area contributed by atoms with E-state index in [1.165, 1.54) is 6.33 Å². The van der Waals surface area contributed by atoms with Gasteiger partial charge in [0.1, 0.15) is 17.8 Å². The van der Waals surface area contributed by atoms with Crippen molar-refractivity contribution in [2.75, 3.05) is 24.1 Å². The third-order valence-electron chi connectivity index (χ3n) is 7.39. The number of thiol groups is 1. The Morgan fingerprint density at radius 2 is 2.00 bits per heavy atom. The van der Waals surface area contributed by atoms with Crippen molar-refractivity contribution >= 4 is 52.6 Å². The lowest BCUT2D eigenvalue weighted by Gasteiger charge is -2.26. The van der Waals surface area contributed by atoms with E-state index in [4.69, 9.17) is 5.73 Å². The first-order valence-electron chi connectivity index (χ1n) is 12.6. The van der Waals surface area contributed by atoms with Gasteiger partial charge >= 0.3 is 0 Å². The molecule has 198 valence electrons. The Bertz CT molecular complexity index is 1480. The summed E-state index contributed by atoms with van der Waals surface area (Å²) in [6.07, 6.45) is 5.68. The third-order valence-corrected chi connectivity index (χ3v) is 7.76. The molecule has 2 atom stereocenters. The number of hydrogen-bond donors (Lipinski definition) is 3. The zero-order valence-electron chi connectivity index (χ0n) is 21.5. The Labute approximate surface area is 226 Å². The lowest BCUT2D eigenvalue weighted by molar-refractivity contribution is -0.134. The molecule has 2 amide bonds. The second-order valence-electron chi connectivity index (χ2n) is 10.2. The van der Waals surface area contributed by atoms with Crippen molar-refractivity contribution in [2.24, 2.45) is 13.0 Å². The molecule has 3 N–H and O–H groups in total. The fourth-order valence-electron chi connectivity index (χ4n) is 5.36. The van der Waals surface area contributed by atoms with E-state index in [1.807, 2.05) is 35.9 Å². The smallest absolute Gasteiger partial charge is 0.250 e. The van der Waals surface area contributed by atoms with Crippen molar-refractivity contribution in [3.05, 3.63) is 54.4 Å². The van der Waals surface area contributed by atoms with Crippen LogP contribution in [0.5, 0.6) is 0 Å². The molecule has 38 heavy (non-hydrogen) atoms. The van der Waals surface area contributed by atoms with Crippen LogP contribution >= 0.6 is 12.6 Å². The maximum Gasteiger partial charge on any atom is 0.250 e. The molecule has 2 aliphatic rings. The molecular weight excluding hydrogens is 503 g/mol. The number of anilines is 2. The molecule has 0 radical (unpaired) electrons. The van der Waals surface area contributed by atoms with E-state index >= 15 is 0 Å². The number of amides is 2. The lowest BCUT2D eigenvalue weighted by atomic mass is 9.84. The number of aromatic nitrogens is 3. The summed E-state index contributed by atoms with van der Waals surface area (Å²) < 4.78 is 16.2. The van der Waals surface area contributed by atoms with E-state index in [9.17, 15) is 14.0 Å². The minimum Gasteiger partial charge on any atom is -0.383 e. The predicted octanol–water partition coefficient (Wildman–Crippen LogP) is 4.74. The highest BCUT2D eigenvalue weighted by atomic mass is 32.1. The fourth-order valence-corrected chi connectivity index (χ4v) is 5.63. The van der Waals surface area contributed by atoms with Crippen LogP contribution in [0.3, 0.4) is 0 Å². The molecule has 8 nitrogen and oxygen atoms in total. The van der Waals surface area contributed by atoms with Crippen molar-refractivity contribution in [1.29, 1.82) is 0 Å². The topological polar surface area (TPSA) is 106 Å². The number of nitrogens with zero attached hydrogens (tertiary/aromatic N) is 4. The number of hydrogen-bond acceptors (Lipinski definition) is 6. The maximum absolute atomic E-state index is 14.2. The zero-order valence-corrected chi connectivity index (χ0v) is 22.4. The number of nitrogen functional groups attached to an aromatic ring is 1. The molecule has 5 rings (SSSR count). The SMILES string of the molecule is C=C(C)C(=O)Nc1ccc(-c2c(C3=CC[C@H](C(=O)N4CC[C@@](F)(S)C4)CC3)c3c(N)ncnc3n2C)cc1. The van der Waals surface area contributed by atoms with Gasteiger partial charge in [0, 0.05) is 42.8 Å². The number of nitrogens with one attached hydrogen (secondary N) is 1. The van der Waals surface area contributed by atoms with Gasteiger partial charge in [0.05, 0.1) is 17.6 Å². The summed E-state index contributed by atoms with van der Waals surface area (Å²) in [5.41, 5.74) is 12.1. The highest BCUT2D eigenvalue weighted by molar-refractivity contribution is 7.81. The second kappa shape index (κ2) is 9.90. The van der Waals surface area contributed by atoms with Crippen molar-refractivity contribution < 1.29 is 14.0 Å². The summed E-state index contributed by atoms with van der Waals surface area (Å²) in [7, 11) is 1.94. The molecule has 1 aliphatic heterocycles. The molecule has 1 saturated heterocycles. The number of alkyl halides is 1. The van der Waals surface area contributed by atoms with Crippen molar-refractivity contribution in [2.45, 2.75) is 37.6 Å². The van der Waals surface area contributed by atoms with Crippen LogP contribution in [-0.4, -0.2) is 49.3 Å². The number of aryl methyl sites for hydroxylation is 1. The Hall–Kier alpha value is -3.66. The molecule has 1 aromatic carbocycles. The number of rotatable bonds is 5. The largest absolute Gasteiger partial charge is 0.383 e. The van der Waals surface area contributed by atoms with Crippen molar-refractivity contribution in [1.82, 2.24) is 19.4 Å². The molecular formula is C28H31FN6O2S. The standard InChI is InChI=1S/C28H31FN6O2S/c1-16(2)26(36)33-20-10-8-18(9-11-20)23-21(22-24(30)31-15-32-25(22)34(23)3)17-4-6-19(7-5-17)27(37)35-13-12-28(29,38)14-35/h4,8-11,15,19,38H,1,5-7,12-14H2,2-3H3,(H,33,36)(H2,30,31,32)/t19-,28+/m0/s1. The van der Waals surface area contributed by atoms with Gasteiger partial charge in [0.2, 0.25) is 5.91 Å². The molecule has 2 aromatic heterocycles. The molecule has 0 saturated carbocycles. The highest BCUT2D eigenvalue weighted by Crippen LogP contribution is 2.43. The van der Waals surface area contributed by atoms with Gasteiger partial charge in [0.25, 0.3) is 5.91 Å². The van der Waals surface area contributed by atoms with Gasteiger partial charge in [-0.2, -0.15) is 0 Å². The van der Waals surface area contributed by atoms with Gasteiger partial charge in [0.15, 0.2) is 5.00 Å². The van der Waals surface area contributed by atoms with E-state index in [-0.39, 0.29) is 30.7 Å². The summed E-state index contributed by atoms with van der Waals surface area (Å²) in [4.78, 5) is 35.4. The van der Waals surface area contributed by atoms with Crippen LogP contribution in [0.4, 0.5) is 15.9 Å². The van der Waals surface area contributed by atoms with Crippen molar-refractivity contribution in [3.63, 3.8) is 0 Å². The van der Waals surface area contributed by atoms with Crippen LogP contribution in [0, 0.1) is 5.92 Å². The van der Waals surface area contributed by atoms with Crippen LogP contribution in [-0.2, 0) is 16.6 Å². The molecule has 1 fully saturated rings. The molecule has 0 bridgehead atoms. The average molecular weight is 535 g/mol. The number of allylic oxidation sites excluding steroid dienone is 2. The predicted molar refractivity (Wildman–Crippen MR) is 151 cm³/mol. The van der Waals surface area contributed by atoms with Gasteiger partial charge in [-0.25, -0.2) is 14.4 Å². The van der Waals surface area contributed by atoms with Gasteiger partial charge in [-0.3, -0.25) is 9.59 Å². The Morgan fingerprint density at radius 1 is 1.26 bits per heavy atom. The van der Waals surface area contributed by atoms with Crippen LogP contribution in [0.2, 0.25) is 0 Å². The first-order chi connectivity index (χ1) is 18.1. The number of likely N-dealkylation sites (tertiary alicyclic amines) is 1. The summed E-state index contributed by atoms with van der Waals surface area (Å²) in [5, 5.41) is 2.00. The van der Waals surface area contributed by atoms with Crippen molar-refractivity contribution in [3.8, 4) is 11.3 Å². The Morgan fingerprint density at radius 3 is 2.61 bits per heavy atom. The Balaban J connectivity index is 1.49. The molecule has 3 aromatic rings. The monoisotopic (exact) mass is 534 g/mol. The average Bonchev–Trinajstić information content (AvgIpc) is 3.41. The third kappa shape index (κ3) is 4.80. The summed E-state index contributed by atoms with van der Waals surface area (Å²) in [6, 6.07) is 7.58. The van der Waals surface area contributed by atoms with E-state index in [0.29, 0.717) is 48.5 Å². The number of halogens is 1. The van der Waals surface area contributed by atoms with E-state index in [0.717, 1.165) is 27.8 Å². The number of fused-ring (bicyclic) bond motifs is 1.